The van der Waals surface area contributed by atoms with E-state index in [0.29, 0.717) is 12.1 Å². The Morgan fingerprint density at radius 1 is 1.30 bits per heavy atom. The molecule has 104 valence electrons. The summed E-state index contributed by atoms with van der Waals surface area (Å²) >= 11 is 1.48. The van der Waals surface area contributed by atoms with Crippen LogP contribution in [-0.4, -0.2) is 35.9 Å². The average Bonchev–Trinajstić information content (AvgIpc) is 2.98. The first kappa shape index (κ1) is 14.2. The molecule has 0 bridgehead atoms. The molecule has 1 aromatic heterocycles. The summed E-state index contributed by atoms with van der Waals surface area (Å²) in [5.41, 5.74) is 0.601. The number of methoxy groups -OCH3 is 1. The first-order chi connectivity index (χ1) is 9.63. The molecule has 0 radical (unpaired) electrons. The molecule has 0 aliphatic heterocycles. The topological polar surface area (TPSA) is 59.5 Å². The van der Waals surface area contributed by atoms with Gasteiger partial charge in [-0.05, 0) is 12.1 Å². The largest absolute Gasteiger partial charge is 0.465 e. The maximum atomic E-state index is 12.4. The molecule has 0 saturated carbocycles. The number of hydrogen-bond acceptors (Lipinski definition) is 5. The van der Waals surface area contributed by atoms with Crippen molar-refractivity contribution in [2.24, 2.45) is 0 Å². The van der Waals surface area contributed by atoms with Gasteiger partial charge in [-0.3, -0.25) is 4.79 Å². The van der Waals surface area contributed by atoms with Gasteiger partial charge in [0.15, 0.2) is 0 Å². The van der Waals surface area contributed by atoms with Gasteiger partial charge in [0.25, 0.3) is 5.91 Å². The molecule has 0 atom stereocenters. The minimum absolute atomic E-state index is 0.235. The molecule has 6 heteroatoms. The van der Waals surface area contributed by atoms with Gasteiger partial charge in [0.05, 0.1) is 24.8 Å². The molecular formula is C14H14N2O3S. The fraction of sp³-hybridized carbons (Fsp3) is 0.214. The number of carbonyl (C=O) groups excluding carboxylic acids is 2. The Balaban J connectivity index is 2.22. The van der Waals surface area contributed by atoms with Crippen LogP contribution < -0.4 is 0 Å². The fourth-order valence-electron chi connectivity index (χ4n) is 1.77. The Hall–Kier alpha value is -2.21. The number of thiazole rings is 1. The van der Waals surface area contributed by atoms with Crippen LogP contribution in [0.5, 0.6) is 0 Å². The van der Waals surface area contributed by atoms with E-state index in [4.69, 9.17) is 4.74 Å². The molecular weight excluding hydrogens is 276 g/mol. The monoisotopic (exact) mass is 290 g/mol. The molecule has 20 heavy (non-hydrogen) atoms. The molecule has 0 fully saturated rings. The van der Waals surface area contributed by atoms with Crippen LogP contribution in [0.1, 0.15) is 25.7 Å². The second-order valence-corrected chi connectivity index (χ2v) is 5.10. The van der Waals surface area contributed by atoms with E-state index in [-0.39, 0.29) is 11.5 Å². The summed E-state index contributed by atoms with van der Waals surface area (Å²) in [4.78, 5) is 29.7. The van der Waals surface area contributed by atoms with Gasteiger partial charge in [-0.1, -0.05) is 12.1 Å². The van der Waals surface area contributed by atoms with Crippen molar-refractivity contribution >= 4 is 23.2 Å². The van der Waals surface area contributed by atoms with Crippen LogP contribution in [0.4, 0.5) is 0 Å². The van der Waals surface area contributed by atoms with Crippen molar-refractivity contribution in [3.05, 3.63) is 52.0 Å². The van der Waals surface area contributed by atoms with Crippen molar-refractivity contribution in [1.29, 1.82) is 0 Å². The summed E-state index contributed by atoms with van der Waals surface area (Å²) in [6.45, 7) is 0.409. The molecule has 1 aromatic carbocycles. The van der Waals surface area contributed by atoms with Gasteiger partial charge in [-0.25, -0.2) is 9.78 Å². The summed E-state index contributed by atoms with van der Waals surface area (Å²) in [5, 5.41) is 2.70. The molecule has 2 rings (SSSR count). The minimum Gasteiger partial charge on any atom is -0.465 e. The van der Waals surface area contributed by atoms with E-state index in [9.17, 15) is 9.59 Å². The summed E-state index contributed by atoms with van der Waals surface area (Å²) in [7, 11) is 2.97. The lowest BCUT2D eigenvalue weighted by Gasteiger charge is -2.17. The molecule has 1 heterocycles. The third-order valence-electron chi connectivity index (χ3n) is 2.77. The number of aromatic nitrogens is 1. The maximum Gasteiger partial charge on any atom is 0.338 e. The Kier molecular flexibility index (Phi) is 4.47. The molecule has 0 aliphatic rings. The highest BCUT2D eigenvalue weighted by molar-refractivity contribution is 7.09. The Labute approximate surface area is 120 Å². The number of amides is 1. The van der Waals surface area contributed by atoms with Crippen LogP contribution in [0.25, 0.3) is 0 Å². The number of esters is 1. The number of ether oxygens (including phenoxy) is 1. The van der Waals surface area contributed by atoms with Crippen LogP contribution >= 0.6 is 11.3 Å². The van der Waals surface area contributed by atoms with Gasteiger partial charge in [-0.15, -0.1) is 11.3 Å². The molecule has 0 unspecified atom stereocenters. The summed E-state index contributed by atoms with van der Waals surface area (Å²) in [6.07, 6.45) is 1.70. The van der Waals surface area contributed by atoms with Crippen LogP contribution in [-0.2, 0) is 11.3 Å². The predicted octanol–water partition coefficient (Wildman–Crippen LogP) is 2.20. The molecule has 0 N–H and O–H groups in total. The van der Waals surface area contributed by atoms with E-state index in [2.05, 4.69) is 4.98 Å². The van der Waals surface area contributed by atoms with Crippen molar-refractivity contribution in [3.8, 4) is 0 Å². The SMILES string of the molecule is COC(=O)c1ccccc1C(=O)N(C)Cc1nccs1. The molecule has 0 spiro atoms. The highest BCUT2D eigenvalue weighted by atomic mass is 32.1. The van der Waals surface area contributed by atoms with E-state index in [1.165, 1.54) is 23.3 Å². The van der Waals surface area contributed by atoms with Gasteiger partial charge in [0.2, 0.25) is 0 Å². The van der Waals surface area contributed by atoms with Crippen LogP contribution in [0.3, 0.4) is 0 Å². The number of nitrogens with zero attached hydrogens (tertiary/aromatic N) is 2. The third kappa shape index (κ3) is 3.03. The van der Waals surface area contributed by atoms with Gasteiger partial charge in [0, 0.05) is 18.6 Å². The second kappa shape index (κ2) is 6.29. The van der Waals surface area contributed by atoms with E-state index in [1.807, 2.05) is 5.38 Å². The molecule has 5 nitrogen and oxygen atoms in total. The molecule has 0 saturated heterocycles. The number of carbonyl (C=O) groups is 2. The predicted molar refractivity (Wildman–Crippen MR) is 75.7 cm³/mol. The summed E-state index contributed by atoms with van der Waals surface area (Å²) < 4.78 is 4.69. The van der Waals surface area contributed by atoms with Crippen molar-refractivity contribution in [1.82, 2.24) is 9.88 Å². The average molecular weight is 290 g/mol. The van der Waals surface area contributed by atoms with Crippen molar-refractivity contribution in [3.63, 3.8) is 0 Å². The van der Waals surface area contributed by atoms with Crippen molar-refractivity contribution in [2.75, 3.05) is 14.2 Å². The molecule has 2 aromatic rings. The smallest absolute Gasteiger partial charge is 0.338 e. The van der Waals surface area contributed by atoms with E-state index in [1.54, 1.807) is 37.5 Å². The van der Waals surface area contributed by atoms with E-state index >= 15 is 0 Å². The Morgan fingerprint density at radius 3 is 2.60 bits per heavy atom. The van der Waals surface area contributed by atoms with Crippen molar-refractivity contribution in [2.45, 2.75) is 6.54 Å². The highest BCUT2D eigenvalue weighted by Crippen LogP contribution is 2.15. The van der Waals surface area contributed by atoms with Crippen LogP contribution in [0.2, 0.25) is 0 Å². The standard InChI is InChI=1S/C14H14N2O3S/c1-16(9-12-15-7-8-20-12)13(17)10-5-3-4-6-11(10)14(18)19-2/h3-8H,9H2,1-2H3. The fourth-order valence-corrected chi connectivity index (χ4v) is 2.44. The van der Waals surface area contributed by atoms with E-state index < -0.39 is 5.97 Å². The second-order valence-electron chi connectivity index (χ2n) is 4.12. The highest BCUT2D eigenvalue weighted by Gasteiger charge is 2.20. The van der Waals surface area contributed by atoms with Crippen LogP contribution in [0.15, 0.2) is 35.8 Å². The maximum absolute atomic E-state index is 12.4. The van der Waals surface area contributed by atoms with Gasteiger partial charge >= 0.3 is 5.97 Å². The zero-order valence-corrected chi connectivity index (χ0v) is 12.0. The lowest BCUT2D eigenvalue weighted by Crippen LogP contribution is -2.27. The lowest BCUT2D eigenvalue weighted by molar-refractivity contribution is 0.0592. The van der Waals surface area contributed by atoms with Gasteiger partial charge < -0.3 is 9.64 Å². The Bertz CT molecular complexity index is 611. The first-order valence-electron chi connectivity index (χ1n) is 5.94. The van der Waals surface area contributed by atoms with Gasteiger partial charge in [-0.2, -0.15) is 0 Å². The quantitative estimate of drug-likeness (QED) is 0.810. The molecule has 0 aliphatic carbocycles. The van der Waals surface area contributed by atoms with Crippen molar-refractivity contribution < 1.29 is 14.3 Å². The zero-order valence-electron chi connectivity index (χ0n) is 11.2. The number of benzene rings is 1. The minimum atomic E-state index is -0.517. The number of rotatable bonds is 4. The molecule has 1 amide bonds. The third-order valence-corrected chi connectivity index (χ3v) is 3.53. The first-order valence-corrected chi connectivity index (χ1v) is 6.82. The summed E-state index contributed by atoms with van der Waals surface area (Å²) in [5.74, 6) is -0.752. The van der Waals surface area contributed by atoms with E-state index in [0.717, 1.165) is 5.01 Å². The Morgan fingerprint density at radius 2 is 2.00 bits per heavy atom. The lowest BCUT2D eigenvalue weighted by atomic mass is 10.1. The summed E-state index contributed by atoms with van der Waals surface area (Å²) in [6, 6.07) is 6.62. The number of hydrogen-bond donors (Lipinski definition) is 0. The van der Waals surface area contributed by atoms with Gasteiger partial charge in [0.1, 0.15) is 5.01 Å². The zero-order chi connectivity index (χ0) is 14.5. The van der Waals surface area contributed by atoms with Crippen LogP contribution in [0, 0.1) is 0 Å². The normalized spacial score (nSPS) is 10.1.